The molecule has 3 nitrogen and oxygen atoms in total. The van der Waals surface area contributed by atoms with Gasteiger partial charge in [0.15, 0.2) is 12.4 Å². The molecule has 1 aromatic carbocycles. The topological polar surface area (TPSA) is 29.5 Å². The molecule has 1 saturated heterocycles. The molecule has 2 rings (SSSR count). The summed E-state index contributed by atoms with van der Waals surface area (Å²) in [5, 5.41) is 0. The van der Waals surface area contributed by atoms with Crippen LogP contribution >= 0.6 is 0 Å². The zero-order valence-electron chi connectivity index (χ0n) is 11.4. The number of para-hydroxylation sites is 1. The Balaban J connectivity index is 2.02. The summed E-state index contributed by atoms with van der Waals surface area (Å²) in [6, 6.07) is 8.19. The second-order valence-electron chi connectivity index (χ2n) is 5.02. The van der Waals surface area contributed by atoms with E-state index in [4.69, 9.17) is 4.74 Å². The van der Waals surface area contributed by atoms with Crippen molar-refractivity contribution in [1.82, 2.24) is 4.90 Å². The predicted molar refractivity (Wildman–Crippen MR) is 77.3 cm³/mol. The molecule has 0 N–H and O–H groups in total. The van der Waals surface area contributed by atoms with Crippen LogP contribution in [0.4, 0.5) is 0 Å². The summed E-state index contributed by atoms with van der Waals surface area (Å²) in [7, 11) is 0. The van der Waals surface area contributed by atoms with Crippen molar-refractivity contribution < 1.29 is 9.53 Å². The molecule has 1 fully saturated rings. The van der Waals surface area contributed by atoms with Crippen molar-refractivity contribution in [3.63, 3.8) is 0 Å². The highest BCUT2D eigenvalue weighted by Crippen LogP contribution is 2.22. The summed E-state index contributed by atoms with van der Waals surface area (Å²) in [6.45, 7) is 7.68. The van der Waals surface area contributed by atoms with Crippen molar-refractivity contribution in [3.05, 3.63) is 36.4 Å². The first-order valence-corrected chi connectivity index (χ1v) is 6.82. The monoisotopic (exact) mass is 259 g/mol. The van der Waals surface area contributed by atoms with Crippen molar-refractivity contribution in [2.45, 2.75) is 31.9 Å². The van der Waals surface area contributed by atoms with E-state index in [0.29, 0.717) is 12.6 Å². The van der Waals surface area contributed by atoms with E-state index in [9.17, 15) is 4.79 Å². The summed E-state index contributed by atoms with van der Waals surface area (Å²) in [6.07, 6.45) is 4.63. The lowest BCUT2D eigenvalue weighted by atomic mass is 10.2. The smallest absolute Gasteiger partial charge is 0.166 e. The fraction of sp³-hybridized carbons (Fsp3) is 0.438. The Morgan fingerprint density at radius 1 is 1.53 bits per heavy atom. The van der Waals surface area contributed by atoms with Crippen molar-refractivity contribution in [1.29, 1.82) is 0 Å². The van der Waals surface area contributed by atoms with E-state index in [2.05, 4.69) is 18.4 Å². The SMILES string of the molecule is C=Cc1ccccc1OC(C=O)CN1CCCC1C. The molecule has 1 aliphatic rings. The first-order chi connectivity index (χ1) is 9.24. The largest absolute Gasteiger partial charge is 0.481 e. The maximum Gasteiger partial charge on any atom is 0.166 e. The van der Waals surface area contributed by atoms with Crippen molar-refractivity contribution in [3.8, 4) is 5.75 Å². The van der Waals surface area contributed by atoms with Crippen LogP contribution in [0.25, 0.3) is 6.08 Å². The third kappa shape index (κ3) is 3.44. The third-order valence-corrected chi connectivity index (χ3v) is 3.67. The Morgan fingerprint density at radius 2 is 2.32 bits per heavy atom. The Morgan fingerprint density at radius 3 is 2.95 bits per heavy atom. The fourth-order valence-corrected chi connectivity index (χ4v) is 2.52. The third-order valence-electron chi connectivity index (χ3n) is 3.67. The lowest BCUT2D eigenvalue weighted by Gasteiger charge is -2.25. The van der Waals surface area contributed by atoms with Crippen LogP contribution in [0.1, 0.15) is 25.3 Å². The van der Waals surface area contributed by atoms with Crippen molar-refractivity contribution in [2.75, 3.05) is 13.1 Å². The molecule has 0 aromatic heterocycles. The maximum atomic E-state index is 11.2. The molecule has 3 heteroatoms. The van der Waals surface area contributed by atoms with E-state index >= 15 is 0 Å². The fourth-order valence-electron chi connectivity index (χ4n) is 2.52. The maximum absolute atomic E-state index is 11.2. The van der Waals surface area contributed by atoms with Gasteiger partial charge in [-0.2, -0.15) is 0 Å². The minimum absolute atomic E-state index is 0.415. The molecule has 2 unspecified atom stereocenters. The van der Waals surface area contributed by atoms with Crippen LogP contribution in [-0.4, -0.2) is 36.4 Å². The second-order valence-corrected chi connectivity index (χ2v) is 5.02. The van der Waals surface area contributed by atoms with Gasteiger partial charge in [0.1, 0.15) is 5.75 Å². The number of carbonyl (C=O) groups is 1. The molecule has 0 radical (unpaired) electrons. The summed E-state index contributed by atoms with van der Waals surface area (Å²) < 4.78 is 5.81. The average Bonchev–Trinajstić information content (AvgIpc) is 2.84. The van der Waals surface area contributed by atoms with Crippen LogP contribution in [0, 0.1) is 0 Å². The van der Waals surface area contributed by atoms with E-state index < -0.39 is 6.10 Å². The molecule has 1 heterocycles. The highest BCUT2D eigenvalue weighted by atomic mass is 16.5. The summed E-state index contributed by atoms with van der Waals surface area (Å²) in [5.74, 6) is 0.724. The lowest BCUT2D eigenvalue weighted by molar-refractivity contribution is -0.114. The number of benzene rings is 1. The minimum atomic E-state index is -0.415. The lowest BCUT2D eigenvalue weighted by Crippen LogP contribution is -2.38. The molecule has 19 heavy (non-hydrogen) atoms. The van der Waals surface area contributed by atoms with Crippen molar-refractivity contribution >= 4 is 12.4 Å². The van der Waals surface area contributed by atoms with Gasteiger partial charge in [0.25, 0.3) is 0 Å². The standard InChI is InChI=1S/C16H21NO2/c1-3-14-8-4-5-9-16(14)19-15(12-18)11-17-10-6-7-13(17)2/h3-5,8-9,12-13,15H,1,6-7,10-11H2,2H3. The first-order valence-electron chi connectivity index (χ1n) is 6.82. The van der Waals surface area contributed by atoms with Gasteiger partial charge in [0, 0.05) is 18.2 Å². The molecular formula is C16H21NO2. The highest BCUT2D eigenvalue weighted by molar-refractivity contribution is 5.60. The summed E-state index contributed by atoms with van der Waals surface area (Å²) in [5.41, 5.74) is 0.920. The molecule has 1 aliphatic heterocycles. The molecule has 2 atom stereocenters. The minimum Gasteiger partial charge on any atom is -0.481 e. The van der Waals surface area contributed by atoms with Gasteiger partial charge < -0.3 is 4.74 Å². The van der Waals surface area contributed by atoms with Gasteiger partial charge in [-0.1, -0.05) is 30.9 Å². The van der Waals surface area contributed by atoms with Crippen LogP contribution in [0.3, 0.4) is 0 Å². The van der Waals surface area contributed by atoms with Gasteiger partial charge in [-0.3, -0.25) is 9.69 Å². The van der Waals surface area contributed by atoms with E-state index in [1.807, 2.05) is 24.3 Å². The van der Waals surface area contributed by atoms with Crippen LogP contribution in [0.2, 0.25) is 0 Å². The van der Waals surface area contributed by atoms with Gasteiger partial charge in [0.05, 0.1) is 0 Å². The number of likely N-dealkylation sites (tertiary alicyclic amines) is 1. The molecule has 0 aliphatic carbocycles. The zero-order valence-corrected chi connectivity index (χ0v) is 11.4. The van der Waals surface area contributed by atoms with Crippen LogP contribution in [0.15, 0.2) is 30.8 Å². The number of carbonyl (C=O) groups excluding carboxylic acids is 1. The Kier molecular flexibility index (Phi) is 4.74. The van der Waals surface area contributed by atoms with E-state index in [1.165, 1.54) is 12.8 Å². The number of rotatable bonds is 6. The zero-order chi connectivity index (χ0) is 13.7. The molecule has 1 aromatic rings. The van der Waals surface area contributed by atoms with Gasteiger partial charge in [-0.25, -0.2) is 0 Å². The Hall–Kier alpha value is -1.61. The van der Waals surface area contributed by atoms with Gasteiger partial charge in [-0.15, -0.1) is 0 Å². The number of aldehydes is 1. The Labute approximate surface area is 114 Å². The molecule has 0 spiro atoms. The van der Waals surface area contributed by atoms with E-state index in [-0.39, 0.29) is 0 Å². The number of hydrogen-bond acceptors (Lipinski definition) is 3. The first kappa shape index (κ1) is 13.8. The van der Waals surface area contributed by atoms with Crippen molar-refractivity contribution in [2.24, 2.45) is 0 Å². The molecule has 0 bridgehead atoms. The number of ether oxygens (including phenoxy) is 1. The summed E-state index contributed by atoms with van der Waals surface area (Å²) in [4.78, 5) is 13.5. The average molecular weight is 259 g/mol. The quantitative estimate of drug-likeness (QED) is 0.736. The van der Waals surface area contributed by atoms with Crippen LogP contribution in [0.5, 0.6) is 5.75 Å². The predicted octanol–water partition coefficient (Wildman–Crippen LogP) is 2.76. The molecule has 0 saturated carbocycles. The van der Waals surface area contributed by atoms with E-state index in [1.54, 1.807) is 6.08 Å². The molecule has 0 amide bonds. The van der Waals surface area contributed by atoms with Crippen LogP contribution in [-0.2, 0) is 4.79 Å². The molecular weight excluding hydrogens is 238 g/mol. The Bertz CT molecular complexity index is 444. The number of hydrogen-bond donors (Lipinski definition) is 0. The van der Waals surface area contributed by atoms with Gasteiger partial charge in [-0.05, 0) is 32.4 Å². The highest BCUT2D eigenvalue weighted by Gasteiger charge is 2.24. The summed E-state index contributed by atoms with van der Waals surface area (Å²) >= 11 is 0. The normalized spacial score (nSPS) is 21.0. The number of nitrogens with zero attached hydrogens (tertiary/aromatic N) is 1. The van der Waals surface area contributed by atoms with E-state index in [0.717, 1.165) is 24.1 Å². The van der Waals surface area contributed by atoms with Gasteiger partial charge in [0.2, 0.25) is 0 Å². The van der Waals surface area contributed by atoms with Gasteiger partial charge >= 0.3 is 0 Å². The second kappa shape index (κ2) is 6.53. The van der Waals surface area contributed by atoms with Crippen LogP contribution < -0.4 is 4.74 Å². The molecule has 102 valence electrons.